The lowest BCUT2D eigenvalue weighted by Crippen LogP contribution is -2.28. The molecule has 0 N–H and O–H groups in total. The van der Waals surface area contributed by atoms with Crippen molar-refractivity contribution < 1.29 is 0 Å². The Labute approximate surface area is 325 Å². The van der Waals surface area contributed by atoms with E-state index in [1.165, 1.54) is 55.3 Å². The number of nitrogens with zero attached hydrogens (tertiary/aromatic N) is 3. The van der Waals surface area contributed by atoms with Crippen molar-refractivity contribution in [3.63, 3.8) is 0 Å². The van der Waals surface area contributed by atoms with E-state index in [9.17, 15) is 0 Å². The number of rotatable bonds is 6. The van der Waals surface area contributed by atoms with Gasteiger partial charge < -0.3 is 4.57 Å². The van der Waals surface area contributed by atoms with Crippen LogP contribution in [-0.4, -0.2) is 14.5 Å². The maximum absolute atomic E-state index is 4.81. The molecule has 0 saturated carbocycles. The van der Waals surface area contributed by atoms with Gasteiger partial charge in [0.1, 0.15) is 0 Å². The normalized spacial score (nSPS) is 12.8. The summed E-state index contributed by atoms with van der Waals surface area (Å²) in [5.74, 6) is 0.701. The van der Waals surface area contributed by atoms with Gasteiger partial charge in [0.15, 0.2) is 5.82 Å². The molecule has 0 aliphatic heterocycles. The highest BCUT2D eigenvalue weighted by Crippen LogP contribution is 2.58. The third kappa shape index (κ3) is 4.77. The first-order valence-electron chi connectivity index (χ1n) is 19.2. The van der Waals surface area contributed by atoms with Crippen molar-refractivity contribution in [3.05, 3.63) is 235 Å². The smallest absolute Gasteiger partial charge is 0.159 e. The van der Waals surface area contributed by atoms with E-state index in [0.29, 0.717) is 5.82 Å². The fraction of sp³-hybridized carbons (Fsp3) is 0.0189. The van der Waals surface area contributed by atoms with E-state index in [1.54, 1.807) is 0 Å². The molecule has 8 aromatic carbocycles. The summed E-state index contributed by atoms with van der Waals surface area (Å²) in [5.41, 5.74) is 16.2. The molecule has 262 valence electrons. The Kier molecular flexibility index (Phi) is 7.39. The van der Waals surface area contributed by atoms with Crippen LogP contribution in [0, 0.1) is 0 Å². The van der Waals surface area contributed by atoms with Crippen LogP contribution in [0.3, 0.4) is 0 Å². The number of hydrogen-bond donors (Lipinski definition) is 0. The van der Waals surface area contributed by atoms with Crippen molar-refractivity contribution >= 4 is 21.8 Å². The summed E-state index contributed by atoms with van der Waals surface area (Å²) < 4.78 is 2.39. The Hall–Kier alpha value is -7.36. The molecule has 0 amide bonds. The van der Waals surface area contributed by atoms with Crippen LogP contribution < -0.4 is 0 Å². The Morgan fingerprint density at radius 2 is 0.946 bits per heavy atom. The highest BCUT2D eigenvalue weighted by Gasteiger charge is 2.46. The van der Waals surface area contributed by atoms with Crippen LogP contribution in [-0.2, 0) is 5.41 Å². The molecule has 2 heterocycles. The molecule has 0 fully saturated rings. The lowest BCUT2D eigenvalue weighted by molar-refractivity contribution is 0.768. The summed E-state index contributed by atoms with van der Waals surface area (Å²) in [6.07, 6.45) is 3.83. The zero-order valence-electron chi connectivity index (χ0n) is 30.5. The van der Waals surface area contributed by atoms with E-state index >= 15 is 0 Å². The van der Waals surface area contributed by atoms with Gasteiger partial charge in [0.05, 0.1) is 16.4 Å². The molecule has 0 bridgehead atoms. The van der Waals surface area contributed by atoms with Crippen LogP contribution in [0.25, 0.3) is 72.3 Å². The van der Waals surface area contributed by atoms with Crippen LogP contribution in [0.15, 0.2) is 213 Å². The topological polar surface area (TPSA) is 30.7 Å². The fourth-order valence-electron chi connectivity index (χ4n) is 9.28. The maximum Gasteiger partial charge on any atom is 0.159 e. The monoisotopic (exact) mass is 713 g/mol. The molecule has 0 spiro atoms. The summed E-state index contributed by atoms with van der Waals surface area (Å²) in [6.45, 7) is 0. The van der Waals surface area contributed by atoms with Crippen molar-refractivity contribution in [3.8, 4) is 50.5 Å². The second kappa shape index (κ2) is 12.9. The molecule has 0 radical (unpaired) electrons. The van der Waals surface area contributed by atoms with E-state index in [2.05, 4.69) is 187 Å². The molecule has 10 aromatic rings. The molecule has 0 unspecified atom stereocenters. The Morgan fingerprint density at radius 3 is 1.71 bits per heavy atom. The fourth-order valence-corrected chi connectivity index (χ4v) is 9.28. The molecular weight excluding hydrogens is 679 g/mol. The van der Waals surface area contributed by atoms with Gasteiger partial charge in [0, 0.05) is 40.0 Å². The number of fused-ring (bicyclic) bond motifs is 6. The Bertz CT molecular complexity index is 3020. The molecule has 11 rings (SSSR count). The van der Waals surface area contributed by atoms with Crippen molar-refractivity contribution in [2.24, 2.45) is 0 Å². The minimum absolute atomic E-state index is 0.464. The van der Waals surface area contributed by atoms with Crippen LogP contribution in [0.4, 0.5) is 0 Å². The summed E-state index contributed by atoms with van der Waals surface area (Å²) in [4.78, 5) is 9.63. The number of para-hydroxylation sites is 1. The molecule has 2 aromatic heterocycles. The second-order valence-electron chi connectivity index (χ2n) is 14.5. The van der Waals surface area contributed by atoms with Gasteiger partial charge in [-0.05, 0) is 74.3 Å². The lowest BCUT2D eigenvalue weighted by atomic mass is 9.67. The lowest BCUT2D eigenvalue weighted by Gasteiger charge is -2.34. The van der Waals surface area contributed by atoms with Gasteiger partial charge in [-0.3, -0.25) is 0 Å². The van der Waals surface area contributed by atoms with E-state index in [1.807, 2.05) is 30.6 Å². The minimum atomic E-state index is -0.464. The molecule has 1 aliphatic carbocycles. The molecular formula is C53H35N3. The zero-order chi connectivity index (χ0) is 37.1. The van der Waals surface area contributed by atoms with E-state index in [0.717, 1.165) is 33.4 Å². The van der Waals surface area contributed by atoms with Crippen LogP contribution in [0.2, 0.25) is 0 Å². The van der Waals surface area contributed by atoms with Crippen molar-refractivity contribution in [1.29, 1.82) is 0 Å². The standard InChI is InChI=1S/C53H35N3/c1-4-17-36(18-5-1)38-34-54-52(55-35-38)37-19-14-24-41(33-37)56-48-31-13-11-26-45(48)51-43(28-16-32-49(51)56)42-27-15-30-47-50(42)44-25-10-12-29-46(44)53(47,39-20-6-2-7-21-39)40-22-8-3-9-23-40/h1-35H. The molecule has 56 heavy (non-hydrogen) atoms. The van der Waals surface area contributed by atoms with Gasteiger partial charge >= 0.3 is 0 Å². The van der Waals surface area contributed by atoms with E-state index < -0.39 is 5.41 Å². The van der Waals surface area contributed by atoms with E-state index in [-0.39, 0.29) is 0 Å². The van der Waals surface area contributed by atoms with Crippen molar-refractivity contribution in [1.82, 2.24) is 14.5 Å². The first kappa shape index (κ1) is 32.1. The molecule has 0 atom stereocenters. The summed E-state index contributed by atoms with van der Waals surface area (Å²) in [6, 6.07) is 72.4. The third-order valence-electron chi connectivity index (χ3n) is 11.6. The van der Waals surface area contributed by atoms with Crippen LogP contribution >= 0.6 is 0 Å². The molecule has 0 saturated heterocycles. The van der Waals surface area contributed by atoms with Crippen molar-refractivity contribution in [2.75, 3.05) is 0 Å². The largest absolute Gasteiger partial charge is 0.309 e. The summed E-state index contributed by atoms with van der Waals surface area (Å²) >= 11 is 0. The summed E-state index contributed by atoms with van der Waals surface area (Å²) in [7, 11) is 0. The predicted octanol–water partition coefficient (Wildman–Crippen LogP) is 12.9. The van der Waals surface area contributed by atoms with Crippen LogP contribution in [0.1, 0.15) is 22.3 Å². The van der Waals surface area contributed by atoms with Gasteiger partial charge in [-0.15, -0.1) is 0 Å². The highest BCUT2D eigenvalue weighted by atomic mass is 15.0. The molecule has 3 nitrogen and oxygen atoms in total. The van der Waals surface area contributed by atoms with Crippen LogP contribution in [0.5, 0.6) is 0 Å². The number of aromatic nitrogens is 3. The average Bonchev–Trinajstić information content (AvgIpc) is 3.79. The maximum atomic E-state index is 4.81. The van der Waals surface area contributed by atoms with Gasteiger partial charge in [0.25, 0.3) is 0 Å². The number of hydrogen-bond acceptors (Lipinski definition) is 2. The molecule has 1 aliphatic rings. The molecule has 3 heteroatoms. The number of benzene rings is 8. The van der Waals surface area contributed by atoms with Gasteiger partial charge in [0.2, 0.25) is 0 Å². The first-order valence-corrected chi connectivity index (χ1v) is 19.2. The second-order valence-corrected chi connectivity index (χ2v) is 14.5. The Balaban J connectivity index is 1.13. The predicted molar refractivity (Wildman–Crippen MR) is 230 cm³/mol. The van der Waals surface area contributed by atoms with Gasteiger partial charge in [-0.2, -0.15) is 0 Å². The summed E-state index contributed by atoms with van der Waals surface area (Å²) in [5, 5.41) is 2.45. The first-order chi connectivity index (χ1) is 27.8. The zero-order valence-corrected chi connectivity index (χ0v) is 30.5. The SMILES string of the molecule is c1ccc(-c2cnc(-c3cccc(-n4c5ccccc5c5c(-c6cccc7c6-c6ccccc6C7(c6ccccc6)c6ccccc6)cccc54)c3)nc2)cc1. The van der Waals surface area contributed by atoms with Gasteiger partial charge in [-0.25, -0.2) is 9.97 Å². The highest BCUT2D eigenvalue weighted by molar-refractivity contribution is 6.17. The third-order valence-corrected chi connectivity index (χ3v) is 11.6. The van der Waals surface area contributed by atoms with Crippen molar-refractivity contribution in [2.45, 2.75) is 5.41 Å². The Morgan fingerprint density at radius 1 is 0.393 bits per heavy atom. The average molecular weight is 714 g/mol. The minimum Gasteiger partial charge on any atom is -0.309 e. The van der Waals surface area contributed by atoms with E-state index in [4.69, 9.17) is 9.97 Å². The van der Waals surface area contributed by atoms with Gasteiger partial charge in [-0.1, -0.05) is 176 Å². The quantitative estimate of drug-likeness (QED) is 0.172.